The maximum atomic E-state index is 12.2. The molecule has 3 aromatic rings. The minimum Gasteiger partial charge on any atom is -0.482 e. The molecule has 2 N–H and O–H groups in total. The number of furan rings is 1. The topological polar surface area (TPSA) is 88.8 Å². The van der Waals surface area contributed by atoms with Crippen molar-refractivity contribution in [2.75, 3.05) is 11.9 Å². The third-order valence-corrected chi connectivity index (χ3v) is 3.10. The molecule has 1 aromatic heterocycles. The Bertz CT molecular complexity index is 835. The molecule has 0 spiro atoms. The van der Waals surface area contributed by atoms with Gasteiger partial charge in [0, 0.05) is 17.1 Å². The Morgan fingerprint density at radius 2 is 1.91 bits per heavy atom. The molecule has 0 aliphatic carbocycles. The normalized spacial score (nSPS) is 10.4. The number of hydrogen-bond acceptors (Lipinski definition) is 4. The first-order chi connectivity index (χ1) is 11.1. The van der Waals surface area contributed by atoms with Crippen LogP contribution in [-0.4, -0.2) is 23.6 Å². The van der Waals surface area contributed by atoms with Gasteiger partial charge in [-0.1, -0.05) is 24.3 Å². The second kappa shape index (κ2) is 6.23. The lowest BCUT2D eigenvalue weighted by atomic mass is 10.2. The first kappa shape index (κ1) is 14.6. The van der Waals surface area contributed by atoms with Crippen LogP contribution in [0.15, 0.2) is 59.0 Å². The SMILES string of the molecule is O=C(O)COc1cccc(NC(=O)c2cc3ccccc3o2)c1. The van der Waals surface area contributed by atoms with E-state index in [1.54, 1.807) is 36.4 Å². The van der Waals surface area contributed by atoms with Crippen molar-refractivity contribution in [2.45, 2.75) is 0 Å². The number of carbonyl (C=O) groups excluding carboxylic acids is 1. The molecule has 2 aromatic carbocycles. The number of carboxylic acid groups (broad SMARTS) is 1. The number of rotatable bonds is 5. The maximum Gasteiger partial charge on any atom is 0.341 e. The fourth-order valence-electron chi connectivity index (χ4n) is 2.10. The number of para-hydroxylation sites is 1. The second-order valence-corrected chi connectivity index (χ2v) is 4.81. The lowest BCUT2D eigenvalue weighted by Crippen LogP contribution is -2.12. The summed E-state index contributed by atoms with van der Waals surface area (Å²) >= 11 is 0. The smallest absolute Gasteiger partial charge is 0.341 e. The van der Waals surface area contributed by atoms with E-state index in [4.69, 9.17) is 14.3 Å². The van der Waals surface area contributed by atoms with Gasteiger partial charge in [-0.3, -0.25) is 4.79 Å². The van der Waals surface area contributed by atoms with Crippen molar-refractivity contribution in [1.29, 1.82) is 0 Å². The number of aliphatic carboxylic acids is 1. The van der Waals surface area contributed by atoms with Crippen molar-refractivity contribution in [3.8, 4) is 5.75 Å². The molecule has 3 rings (SSSR count). The Morgan fingerprint density at radius 1 is 1.09 bits per heavy atom. The summed E-state index contributed by atoms with van der Waals surface area (Å²) in [6.07, 6.45) is 0. The van der Waals surface area contributed by atoms with Gasteiger partial charge in [0.15, 0.2) is 12.4 Å². The molecule has 1 amide bonds. The summed E-state index contributed by atoms with van der Waals surface area (Å²) in [6.45, 7) is -0.443. The van der Waals surface area contributed by atoms with Gasteiger partial charge in [-0.25, -0.2) is 4.79 Å². The van der Waals surface area contributed by atoms with E-state index >= 15 is 0 Å². The van der Waals surface area contributed by atoms with Crippen LogP contribution in [0.2, 0.25) is 0 Å². The van der Waals surface area contributed by atoms with Crippen LogP contribution in [-0.2, 0) is 4.79 Å². The number of benzene rings is 2. The Balaban J connectivity index is 1.74. The van der Waals surface area contributed by atoms with Gasteiger partial charge in [0.05, 0.1) is 0 Å². The highest BCUT2D eigenvalue weighted by atomic mass is 16.5. The van der Waals surface area contributed by atoms with Crippen molar-refractivity contribution in [3.05, 3.63) is 60.4 Å². The summed E-state index contributed by atoms with van der Waals surface area (Å²) in [5, 5.41) is 12.1. The van der Waals surface area contributed by atoms with Crippen molar-refractivity contribution in [1.82, 2.24) is 0 Å². The number of anilines is 1. The van der Waals surface area contributed by atoms with Crippen LogP contribution in [0.5, 0.6) is 5.75 Å². The molecule has 6 nitrogen and oxygen atoms in total. The van der Waals surface area contributed by atoms with Gasteiger partial charge < -0.3 is 19.6 Å². The van der Waals surface area contributed by atoms with Crippen LogP contribution in [0.4, 0.5) is 5.69 Å². The van der Waals surface area contributed by atoms with Gasteiger partial charge in [-0.15, -0.1) is 0 Å². The number of hydrogen-bond donors (Lipinski definition) is 2. The number of carboxylic acids is 1. The first-order valence-corrected chi connectivity index (χ1v) is 6.86. The molecule has 0 saturated heterocycles. The first-order valence-electron chi connectivity index (χ1n) is 6.86. The Labute approximate surface area is 131 Å². The molecule has 0 radical (unpaired) electrons. The third-order valence-electron chi connectivity index (χ3n) is 3.10. The highest BCUT2D eigenvalue weighted by Gasteiger charge is 2.12. The Morgan fingerprint density at radius 3 is 2.70 bits per heavy atom. The van der Waals surface area contributed by atoms with Crippen molar-refractivity contribution in [2.24, 2.45) is 0 Å². The highest BCUT2D eigenvalue weighted by Crippen LogP contribution is 2.21. The monoisotopic (exact) mass is 311 g/mol. The summed E-state index contributed by atoms with van der Waals surface area (Å²) in [5.41, 5.74) is 1.12. The summed E-state index contributed by atoms with van der Waals surface area (Å²) in [7, 11) is 0. The van der Waals surface area contributed by atoms with E-state index in [1.807, 2.05) is 18.2 Å². The standard InChI is InChI=1S/C17H13NO5/c19-16(20)10-22-13-6-3-5-12(9-13)18-17(21)15-8-11-4-1-2-7-14(11)23-15/h1-9H,10H2,(H,18,21)(H,19,20). The largest absolute Gasteiger partial charge is 0.482 e. The summed E-state index contributed by atoms with van der Waals surface area (Å²) in [6, 6.07) is 15.5. The predicted molar refractivity (Wildman–Crippen MR) is 83.7 cm³/mol. The van der Waals surface area contributed by atoms with Gasteiger partial charge in [0.2, 0.25) is 0 Å². The van der Waals surface area contributed by atoms with Crippen LogP contribution in [0, 0.1) is 0 Å². The van der Waals surface area contributed by atoms with Gasteiger partial charge in [-0.2, -0.15) is 0 Å². The molecule has 0 unspecified atom stereocenters. The molecule has 1 heterocycles. The lowest BCUT2D eigenvalue weighted by molar-refractivity contribution is -0.139. The quantitative estimate of drug-likeness (QED) is 0.755. The molecular weight excluding hydrogens is 298 g/mol. The van der Waals surface area contributed by atoms with E-state index in [0.29, 0.717) is 17.0 Å². The maximum absolute atomic E-state index is 12.2. The van der Waals surface area contributed by atoms with Gasteiger partial charge in [-0.05, 0) is 24.3 Å². The second-order valence-electron chi connectivity index (χ2n) is 4.81. The van der Waals surface area contributed by atoms with E-state index in [1.165, 1.54) is 0 Å². The van der Waals surface area contributed by atoms with Gasteiger partial charge in [0.25, 0.3) is 5.91 Å². The average molecular weight is 311 g/mol. The zero-order valence-electron chi connectivity index (χ0n) is 12.0. The van der Waals surface area contributed by atoms with Crippen LogP contribution >= 0.6 is 0 Å². The molecule has 0 atom stereocenters. The van der Waals surface area contributed by atoms with Gasteiger partial charge in [0.1, 0.15) is 11.3 Å². The Kier molecular flexibility index (Phi) is 3.97. The molecule has 0 saturated carbocycles. The number of fused-ring (bicyclic) bond motifs is 1. The van der Waals surface area contributed by atoms with E-state index in [0.717, 1.165) is 5.39 Å². The highest BCUT2D eigenvalue weighted by molar-refractivity contribution is 6.04. The average Bonchev–Trinajstić information content (AvgIpc) is 2.97. The fourth-order valence-corrected chi connectivity index (χ4v) is 2.10. The molecule has 0 fully saturated rings. The van der Waals surface area contributed by atoms with E-state index in [9.17, 15) is 9.59 Å². The lowest BCUT2D eigenvalue weighted by Gasteiger charge is -2.06. The van der Waals surface area contributed by atoms with Crippen molar-refractivity contribution < 1.29 is 23.8 Å². The summed E-state index contributed by atoms with van der Waals surface area (Å²) in [5.74, 6) is -0.906. The number of ether oxygens (including phenoxy) is 1. The van der Waals surface area contributed by atoms with E-state index < -0.39 is 18.5 Å². The van der Waals surface area contributed by atoms with Crippen LogP contribution < -0.4 is 10.1 Å². The van der Waals surface area contributed by atoms with Crippen LogP contribution in [0.3, 0.4) is 0 Å². The minimum atomic E-state index is -1.07. The molecule has 116 valence electrons. The van der Waals surface area contributed by atoms with E-state index in [-0.39, 0.29) is 5.76 Å². The molecule has 23 heavy (non-hydrogen) atoms. The van der Waals surface area contributed by atoms with Gasteiger partial charge >= 0.3 is 5.97 Å². The minimum absolute atomic E-state index is 0.197. The Hall–Kier alpha value is -3.28. The van der Waals surface area contributed by atoms with E-state index in [2.05, 4.69) is 5.32 Å². The zero-order chi connectivity index (χ0) is 16.2. The summed E-state index contributed by atoms with van der Waals surface area (Å²) in [4.78, 5) is 22.7. The van der Waals surface area contributed by atoms with Crippen LogP contribution in [0.1, 0.15) is 10.6 Å². The molecule has 6 heteroatoms. The molecule has 0 aliphatic rings. The molecule has 0 aliphatic heterocycles. The molecule has 0 bridgehead atoms. The third kappa shape index (κ3) is 3.49. The molecular formula is C17H13NO5. The zero-order valence-corrected chi connectivity index (χ0v) is 12.0. The van der Waals surface area contributed by atoms with Crippen molar-refractivity contribution >= 4 is 28.5 Å². The fraction of sp³-hybridized carbons (Fsp3) is 0.0588. The van der Waals surface area contributed by atoms with Crippen molar-refractivity contribution in [3.63, 3.8) is 0 Å². The number of amides is 1. The number of carbonyl (C=O) groups is 2. The predicted octanol–water partition coefficient (Wildman–Crippen LogP) is 3.15. The van der Waals surface area contributed by atoms with Crippen LogP contribution in [0.25, 0.3) is 11.0 Å². The number of nitrogens with one attached hydrogen (secondary N) is 1. The summed E-state index contributed by atoms with van der Waals surface area (Å²) < 4.78 is 10.6.